The molecule has 4 nitrogen and oxygen atoms in total. The van der Waals surface area contributed by atoms with Crippen LogP contribution in [0.1, 0.15) is 17.3 Å². The quantitative estimate of drug-likeness (QED) is 0.896. The predicted molar refractivity (Wildman–Crippen MR) is 74.0 cm³/mol. The third-order valence-electron chi connectivity index (χ3n) is 2.38. The lowest BCUT2D eigenvalue weighted by Crippen LogP contribution is -2.32. The molecule has 2 atom stereocenters. The summed E-state index contributed by atoms with van der Waals surface area (Å²) in [5.74, 6) is -0.804. The van der Waals surface area contributed by atoms with Gasteiger partial charge in [-0.15, -0.1) is 0 Å². The number of amides is 1. The zero-order chi connectivity index (χ0) is 13.9. The molecule has 0 bridgehead atoms. The van der Waals surface area contributed by atoms with E-state index in [-0.39, 0.29) is 33.2 Å². The Morgan fingerprint density at radius 2 is 2.11 bits per heavy atom. The lowest BCUT2D eigenvalue weighted by Gasteiger charge is -2.12. The molecular weight excluding hydrogens is 297 g/mol. The van der Waals surface area contributed by atoms with Gasteiger partial charge >= 0.3 is 0 Å². The van der Waals surface area contributed by atoms with Gasteiger partial charge in [0.05, 0.1) is 10.6 Å². The number of carbonyl (C=O) groups excluding carboxylic acids is 1. The van der Waals surface area contributed by atoms with Gasteiger partial charge in [0.1, 0.15) is 5.75 Å². The van der Waals surface area contributed by atoms with Crippen molar-refractivity contribution in [3.8, 4) is 5.75 Å². The second-order valence-electron chi connectivity index (χ2n) is 3.80. The molecule has 1 rings (SSSR count). The maximum atomic E-state index is 11.8. The van der Waals surface area contributed by atoms with Crippen LogP contribution in [0.15, 0.2) is 12.1 Å². The molecule has 0 radical (unpaired) electrons. The first-order chi connectivity index (χ1) is 8.32. The monoisotopic (exact) mass is 309 g/mol. The molecule has 0 aliphatic heterocycles. The number of carbonyl (C=O) groups is 1. The van der Waals surface area contributed by atoms with Crippen LogP contribution >= 0.6 is 23.2 Å². The van der Waals surface area contributed by atoms with Crippen molar-refractivity contribution in [2.45, 2.75) is 12.2 Å². The number of halogens is 2. The smallest absolute Gasteiger partial charge is 0.256 e. The molecule has 0 saturated carbocycles. The zero-order valence-electron chi connectivity index (χ0n) is 9.87. The van der Waals surface area contributed by atoms with Gasteiger partial charge in [0.2, 0.25) is 0 Å². The second kappa shape index (κ2) is 6.41. The Morgan fingerprint density at radius 1 is 1.50 bits per heavy atom. The highest BCUT2D eigenvalue weighted by Gasteiger charge is 2.17. The molecule has 1 aromatic carbocycles. The predicted octanol–water partition coefficient (Wildman–Crippen LogP) is 2.20. The molecule has 0 aliphatic carbocycles. The first kappa shape index (κ1) is 15.3. The molecule has 7 heteroatoms. The summed E-state index contributed by atoms with van der Waals surface area (Å²) in [6.07, 6.45) is 1.56. The lowest BCUT2D eigenvalue weighted by molar-refractivity contribution is 0.0951. The lowest BCUT2D eigenvalue weighted by atomic mass is 10.2. The molecule has 0 saturated heterocycles. The van der Waals surface area contributed by atoms with Gasteiger partial charge in [-0.05, 0) is 19.1 Å². The van der Waals surface area contributed by atoms with Crippen molar-refractivity contribution in [2.75, 3.05) is 12.8 Å². The summed E-state index contributed by atoms with van der Waals surface area (Å²) in [5.41, 5.74) is -0.0323. The summed E-state index contributed by atoms with van der Waals surface area (Å²) < 4.78 is 11.1. The van der Waals surface area contributed by atoms with Gasteiger partial charge in [-0.2, -0.15) is 0 Å². The van der Waals surface area contributed by atoms with E-state index < -0.39 is 16.7 Å². The van der Waals surface area contributed by atoms with Crippen molar-refractivity contribution < 1.29 is 14.1 Å². The number of hydrogen-bond donors (Lipinski definition) is 2. The van der Waals surface area contributed by atoms with Crippen molar-refractivity contribution in [3.05, 3.63) is 27.7 Å². The van der Waals surface area contributed by atoms with Gasteiger partial charge < -0.3 is 10.4 Å². The third-order valence-corrected chi connectivity index (χ3v) is 4.19. The summed E-state index contributed by atoms with van der Waals surface area (Å²) in [5, 5.41) is 12.3. The number of phenolic OH excluding ortho intramolecular Hbond substituents is 1. The third kappa shape index (κ3) is 3.86. The van der Waals surface area contributed by atoms with Crippen LogP contribution in [0, 0.1) is 0 Å². The van der Waals surface area contributed by atoms with Crippen molar-refractivity contribution in [1.82, 2.24) is 5.32 Å². The minimum Gasteiger partial charge on any atom is -0.507 e. The van der Waals surface area contributed by atoms with Crippen molar-refractivity contribution in [2.24, 2.45) is 0 Å². The summed E-state index contributed by atoms with van der Waals surface area (Å²) in [7, 11) is -1.03. The van der Waals surface area contributed by atoms with Gasteiger partial charge in [0.25, 0.3) is 5.91 Å². The fourth-order valence-electron chi connectivity index (χ4n) is 1.23. The Hall–Kier alpha value is -0.780. The first-order valence-corrected chi connectivity index (χ1v) is 7.49. The van der Waals surface area contributed by atoms with E-state index in [0.717, 1.165) is 0 Å². The fourth-order valence-corrected chi connectivity index (χ4v) is 2.11. The Balaban J connectivity index is 2.82. The number of nitrogens with one attached hydrogen (secondary N) is 1. The van der Waals surface area contributed by atoms with E-state index in [2.05, 4.69) is 5.32 Å². The number of aromatic hydroxyl groups is 1. The standard InChI is InChI=1S/C11H13Cl2NO3S/c1-6(18(2)17)5-14-11(16)10-8(13)3-7(12)4-9(10)15/h3-4,6,15H,5H2,1-2H3,(H,14,16). The van der Waals surface area contributed by atoms with E-state index >= 15 is 0 Å². The molecule has 1 amide bonds. The normalized spacial score (nSPS) is 14.0. The van der Waals surface area contributed by atoms with E-state index in [9.17, 15) is 14.1 Å². The van der Waals surface area contributed by atoms with Crippen molar-refractivity contribution in [3.63, 3.8) is 0 Å². The minimum atomic E-state index is -1.03. The van der Waals surface area contributed by atoms with E-state index in [1.807, 2.05) is 0 Å². The van der Waals surface area contributed by atoms with Crippen LogP contribution in [0.3, 0.4) is 0 Å². The topological polar surface area (TPSA) is 66.4 Å². The molecule has 18 heavy (non-hydrogen) atoms. The molecule has 1 aromatic rings. The fraction of sp³-hybridized carbons (Fsp3) is 0.364. The van der Waals surface area contributed by atoms with Crippen LogP contribution in [0.4, 0.5) is 0 Å². The average molecular weight is 310 g/mol. The SMILES string of the molecule is CC(CNC(=O)c1c(O)cc(Cl)cc1Cl)S(C)=O. The van der Waals surface area contributed by atoms with Crippen LogP contribution in [-0.2, 0) is 10.8 Å². The molecule has 0 spiro atoms. The summed E-state index contributed by atoms with van der Waals surface area (Å²) >= 11 is 11.5. The van der Waals surface area contributed by atoms with E-state index in [4.69, 9.17) is 23.2 Å². The Kier molecular flexibility index (Phi) is 5.44. The van der Waals surface area contributed by atoms with Gasteiger partial charge in [0, 0.05) is 33.9 Å². The molecule has 0 aliphatic rings. The highest BCUT2D eigenvalue weighted by molar-refractivity contribution is 7.84. The Morgan fingerprint density at radius 3 is 2.61 bits per heavy atom. The van der Waals surface area contributed by atoms with E-state index in [1.165, 1.54) is 12.1 Å². The number of hydrogen-bond acceptors (Lipinski definition) is 3. The van der Waals surface area contributed by atoms with Crippen LogP contribution in [0.2, 0.25) is 10.0 Å². The van der Waals surface area contributed by atoms with Gasteiger partial charge in [-0.3, -0.25) is 9.00 Å². The number of rotatable bonds is 4. The average Bonchev–Trinajstić information content (AvgIpc) is 2.24. The maximum Gasteiger partial charge on any atom is 0.256 e. The largest absolute Gasteiger partial charge is 0.507 e. The molecule has 0 aromatic heterocycles. The van der Waals surface area contributed by atoms with Crippen LogP contribution in [0.5, 0.6) is 5.75 Å². The second-order valence-corrected chi connectivity index (χ2v) is 6.45. The Labute approximate surface area is 118 Å². The van der Waals surface area contributed by atoms with E-state index in [1.54, 1.807) is 13.2 Å². The number of benzene rings is 1. The van der Waals surface area contributed by atoms with E-state index in [0.29, 0.717) is 0 Å². The van der Waals surface area contributed by atoms with Crippen LogP contribution in [0.25, 0.3) is 0 Å². The minimum absolute atomic E-state index is 0.0323. The van der Waals surface area contributed by atoms with Gasteiger partial charge in [-0.1, -0.05) is 23.2 Å². The Bertz CT molecular complexity index is 470. The molecular formula is C11H13Cl2NO3S. The van der Waals surface area contributed by atoms with Gasteiger partial charge in [-0.25, -0.2) is 0 Å². The molecule has 0 heterocycles. The van der Waals surface area contributed by atoms with Crippen LogP contribution < -0.4 is 5.32 Å². The molecule has 100 valence electrons. The first-order valence-electron chi connectivity index (χ1n) is 5.11. The van der Waals surface area contributed by atoms with Gasteiger partial charge in [0.15, 0.2) is 0 Å². The highest BCUT2D eigenvalue weighted by atomic mass is 35.5. The maximum absolute atomic E-state index is 11.8. The van der Waals surface area contributed by atoms with Crippen molar-refractivity contribution in [1.29, 1.82) is 0 Å². The zero-order valence-corrected chi connectivity index (χ0v) is 12.2. The highest BCUT2D eigenvalue weighted by Crippen LogP contribution is 2.29. The number of phenols is 1. The molecule has 2 unspecified atom stereocenters. The summed E-state index contributed by atoms with van der Waals surface area (Å²) in [6.45, 7) is 1.99. The van der Waals surface area contributed by atoms with Crippen LogP contribution in [-0.4, -0.2) is 33.3 Å². The summed E-state index contributed by atoms with van der Waals surface area (Å²) in [6, 6.07) is 2.61. The summed E-state index contributed by atoms with van der Waals surface area (Å²) in [4.78, 5) is 11.8. The molecule has 0 fully saturated rings. The van der Waals surface area contributed by atoms with Crippen molar-refractivity contribution >= 4 is 39.9 Å². The molecule has 2 N–H and O–H groups in total.